The van der Waals surface area contributed by atoms with Crippen molar-refractivity contribution in [2.75, 3.05) is 0 Å². The van der Waals surface area contributed by atoms with Crippen LogP contribution in [0.1, 0.15) is 0 Å². The Labute approximate surface area is 52.7 Å². The van der Waals surface area contributed by atoms with E-state index in [0.29, 0.717) is 0 Å². The van der Waals surface area contributed by atoms with Gasteiger partial charge in [-0.2, -0.15) is 15.3 Å². The Morgan fingerprint density at radius 2 is 2.33 bits per heavy atom. The van der Waals surface area contributed by atoms with E-state index in [1.54, 1.807) is 16.5 Å². The highest BCUT2D eigenvalue weighted by molar-refractivity contribution is 5.71. The Balaban J connectivity index is 2.25. The lowest BCUT2D eigenvalue weighted by Gasteiger charge is -2.23. The van der Waals surface area contributed by atoms with Crippen molar-refractivity contribution in [3.63, 3.8) is 0 Å². The first kappa shape index (κ1) is 4.43. The number of hydrogen-bond donors (Lipinski definition) is 1. The molecule has 0 aromatic heterocycles. The molecule has 2 aliphatic heterocycles. The molecule has 0 saturated carbocycles. The van der Waals surface area contributed by atoms with Crippen molar-refractivity contribution in [2.45, 2.75) is 0 Å². The number of hydrazine groups is 2. The standard InChI is InChI=1S/C5H6N4/c1-2-6-9-5-3-7-8(9)4-1/h1-5,7H. The van der Waals surface area contributed by atoms with Crippen molar-refractivity contribution in [2.24, 2.45) is 5.10 Å². The van der Waals surface area contributed by atoms with Crippen LogP contribution in [0.2, 0.25) is 0 Å². The van der Waals surface area contributed by atoms with Gasteiger partial charge in [0.1, 0.15) is 0 Å². The van der Waals surface area contributed by atoms with Gasteiger partial charge < -0.3 is 0 Å². The predicted octanol–water partition coefficient (Wildman–Crippen LogP) is 0.00790. The summed E-state index contributed by atoms with van der Waals surface area (Å²) in [7, 11) is 0. The summed E-state index contributed by atoms with van der Waals surface area (Å²) in [6, 6.07) is 0. The van der Waals surface area contributed by atoms with E-state index in [1.165, 1.54) is 0 Å². The van der Waals surface area contributed by atoms with E-state index >= 15 is 0 Å². The van der Waals surface area contributed by atoms with Crippen LogP contribution in [0.3, 0.4) is 0 Å². The molecule has 0 unspecified atom stereocenters. The fraction of sp³-hybridized carbons (Fsp3) is 0. The van der Waals surface area contributed by atoms with Crippen molar-refractivity contribution < 1.29 is 0 Å². The van der Waals surface area contributed by atoms with Gasteiger partial charge >= 0.3 is 0 Å². The number of nitrogens with zero attached hydrogens (tertiary/aromatic N) is 3. The fourth-order valence-corrected chi connectivity index (χ4v) is 0.740. The Morgan fingerprint density at radius 1 is 1.33 bits per heavy atom. The minimum atomic E-state index is 1.69. The molecule has 0 aromatic rings. The largest absolute Gasteiger partial charge is 0.284 e. The maximum absolute atomic E-state index is 3.99. The molecule has 0 radical (unpaired) electrons. The van der Waals surface area contributed by atoms with E-state index in [4.69, 9.17) is 0 Å². The predicted molar refractivity (Wildman–Crippen MR) is 33.6 cm³/mol. The molecule has 0 bridgehead atoms. The number of rotatable bonds is 0. The lowest BCUT2D eigenvalue weighted by atomic mass is 10.6. The zero-order valence-electron chi connectivity index (χ0n) is 4.73. The van der Waals surface area contributed by atoms with Gasteiger partial charge in [-0.3, -0.25) is 5.43 Å². The molecule has 1 N–H and O–H groups in total. The second kappa shape index (κ2) is 1.51. The molecule has 0 aromatic carbocycles. The number of fused-ring (bicyclic) bond motifs is 1. The van der Waals surface area contributed by atoms with Crippen molar-refractivity contribution in [1.29, 1.82) is 0 Å². The Hall–Kier alpha value is -1.45. The molecule has 2 aliphatic rings. The summed E-state index contributed by atoms with van der Waals surface area (Å²) in [6.45, 7) is 0. The van der Waals surface area contributed by atoms with E-state index in [-0.39, 0.29) is 0 Å². The Bertz CT molecular complexity index is 193. The van der Waals surface area contributed by atoms with Crippen LogP contribution in [-0.2, 0) is 0 Å². The van der Waals surface area contributed by atoms with Crippen LogP contribution >= 0.6 is 0 Å². The molecule has 2 rings (SSSR count). The van der Waals surface area contributed by atoms with Gasteiger partial charge in [0.2, 0.25) is 0 Å². The van der Waals surface area contributed by atoms with Gasteiger partial charge in [-0.1, -0.05) is 0 Å². The smallest absolute Gasteiger partial charge is 0.0671 e. The van der Waals surface area contributed by atoms with Crippen LogP contribution in [0.15, 0.2) is 29.8 Å². The summed E-state index contributed by atoms with van der Waals surface area (Å²) in [5, 5.41) is 7.45. The van der Waals surface area contributed by atoms with Gasteiger partial charge in [-0.25, -0.2) is 0 Å². The first-order chi connectivity index (χ1) is 4.47. The van der Waals surface area contributed by atoms with Gasteiger partial charge in [-0.05, 0) is 6.08 Å². The molecule has 9 heavy (non-hydrogen) atoms. The van der Waals surface area contributed by atoms with E-state index in [2.05, 4.69) is 10.5 Å². The molecule has 46 valence electrons. The molecular weight excluding hydrogens is 116 g/mol. The first-order valence-corrected chi connectivity index (χ1v) is 2.69. The molecule has 4 heteroatoms. The van der Waals surface area contributed by atoms with Gasteiger partial charge in [0.15, 0.2) is 0 Å². The van der Waals surface area contributed by atoms with Crippen LogP contribution in [0.25, 0.3) is 0 Å². The Kier molecular flexibility index (Phi) is 0.745. The average molecular weight is 122 g/mol. The summed E-state index contributed by atoms with van der Waals surface area (Å²) in [4.78, 5) is 0. The maximum atomic E-state index is 3.99. The summed E-state index contributed by atoms with van der Waals surface area (Å²) >= 11 is 0. The third-order valence-electron chi connectivity index (χ3n) is 1.13. The summed E-state index contributed by atoms with van der Waals surface area (Å²) in [5.74, 6) is 0. The number of hydrazone groups is 1. The Morgan fingerprint density at radius 3 is 3.22 bits per heavy atom. The minimum Gasteiger partial charge on any atom is -0.284 e. The summed E-state index contributed by atoms with van der Waals surface area (Å²) < 4.78 is 0. The van der Waals surface area contributed by atoms with Crippen LogP contribution in [0.5, 0.6) is 0 Å². The summed E-state index contributed by atoms with van der Waals surface area (Å²) in [6.07, 6.45) is 9.12. The lowest BCUT2D eigenvalue weighted by Crippen LogP contribution is -2.35. The highest BCUT2D eigenvalue weighted by atomic mass is 15.9. The van der Waals surface area contributed by atoms with Crippen molar-refractivity contribution in [3.05, 3.63) is 24.7 Å². The zero-order chi connectivity index (χ0) is 6.10. The number of hydrogen-bond acceptors (Lipinski definition) is 4. The average Bonchev–Trinajstić information content (AvgIpc) is 2.33. The van der Waals surface area contributed by atoms with E-state index < -0.39 is 0 Å². The van der Waals surface area contributed by atoms with Gasteiger partial charge in [0, 0.05) is 12.4 Å². The first-order valence-electron chi connectivity index (χ1n) is 2.69. The van der Waals surface area contributed by atoms with E-state index in [0.717, 1.165) is 0 Å². The highest BCUT2D eigenvalue weighted by Gasteiger charge is 2.10. The number of nitrogens with one attached hydrogen (secondary N) is 1. The molecule has 4 nitrogen and oxygen atoms in total. The molecule has 0 spiro atoms. The van der Waals surface area contributed by atoms with Gasteiger partial charge in [0.25, 0.3) is 0 Å². The third-order valence-corrected chi connectivity index (χ3v) is 1.13. The molecule has 0 aliphatic carbocycles. The second-order valence-electron chi connectivity index (χ2n) is 1.72. The molecule has 2 heterocycles. The normalized spacial score (nSPS) is 20.4. The maximum Gasteiger partial charge on any atom is 0.0671 e. The minimum absolute atomic E-state index is 1.69. The molecule has 0 saturated heterocycles. The third kappa shape index (κ3) is 0.561. The van der Waals surface area contributed by atoms with Crippen LogP contribution < -0.4 is 5.43 Å². The van der Waals surface area contributed by atoms with E-state index in [1.807, 2.05) is 24.7 Å². The highest BCUT2D eigenvalue weighted by Crippen LogP contribution is 2.05. The molecule has 0 atom stereocenters. The topological polar surface area (TPSA) is 30.9 Å². The van der Waals surface area contributed by atoms with Crippen molar-refractivity contribution >= 4 is 6.21 Å². The van der Waals surface area contributed by atoms with Crippen LogP contribution in [-0.4, -0.2) is 16.5 Å². The fourth-order valence-electron chi connectivity index (χ4n) is 0.740. The lowest BCUT2D eigenvalue weighted by molar-refractivity contribution is 0.0658. The second-order valence-corrected chi connectivity index (χ2v) is 1.72. The van der Waals surface area contributed by atoms with Crippen LogP contribution in [0, 0.1) is 0 Å². The molecule has 0 amide bonds. The zero-order valence-corrected chi connectivity index (χ0v) is 4.73. The van der Waals surface area contributed by atoms with Crippen molar-refractivity contribution in [3.8, 4) is 0 Å². The number of allylic oxidation sites excluding steroid dienone is 1. The molecular formula is C5H6N4. The van der Waals surface area contributed by atoms with Crippen molar-refractivity contribution in [1.82, 2.24) is 15.7 Å². The SMILES string of the molecule is C1=CN2NC=CN2N=C1. The molecule has 0 fully saturated rings. The van der Waals surface area contributed by atoms with Gasteiger partial charge in [-0.15, -0.1) is 0 Å². The quantitative estimate of drug-likeness (QED) is 0.491. The van der Waals surface area contributed by atoms with Gasteiger partial charge in [0.05, 0.1) is 12.4 Å². The monoisotopic (exact) mass is 122 g/mol. The van der Waals surface area contributed by atoms with E-state index in [9.17, 15) is 0 Å². The summed E-state index contributed by atoms with van der Waals surface area (Å²) in [5.41, 5.74) is 2.94. The van der Waals surface area contributed by atoms with Crippen LogP contribution in [0.4, 0.5) is 0 Å².